The smallest absolute Gasteiger partial charge is 0.385 e. The Morgan fingerprint density at radius 2 is 1.86 bits per heavy atom. The summed E-state index contributed by atoms with van der Waals surface area (Å²) < 4.78 is 40.3. The summed E-state index contributed by atoms with van der Waals surface area (Å²) in [6, 6.07) is 0. The van der Waals surface area contributed by atoms with Crippen LogP contribution in [0.1, 0.15) is 60.8 Å². The van der Waals surface area contributed by atoms with Gasteiger partial charge in [0.1, 0.15) is 17.8 Å². The zero-order valence-corrected chi connectivity index (χ0v) is 18.8. The van der Waals surface area contributed by atoms with Crippen molar-refractivity contribution in [1.29, 1.82) is 0 Å². The zero-order chi connectivity index (χ0) is 21.1. The minimum atomic E-state index is -4.38. The Bertz CT molecular complexity index is 542. The molecule has 1 aliphatic carbocycles. The standard InChI is InChI=1S/C19H37O8P/c1-12(2)23-11-19(20)9-14(5)7-18(19)27-28(21,22)24-10-17-16(25-13(3)4)8-15(6)26-17/h12-18,20H,7-11H2,1-6H3,(H,21,22)/t14-,15-,16?,17?,18?,19-/m0/s1. The number of rotatable bonds is 10. The molecule has 1 saturated carbocycles. The van der Waals surface area contributed by atoms with Crippen molar-refractivity contribution in [2.75, 3.05) is 13.2 Å². The largest absolute Gasteiger partial charge is 0.472 e. The maximum atomic E-state index is 12.5. The molecule has 0 radical (unpaired) electrons. The van der Waals surface area contributed by atoms with Gasteiger partial charge >= 0.3 is 7.82 Å². The van der Waals surface area contributed by atoms with Crippen LogP contribution in [0.5, 0.6) is 0 Å². The molecule has 0 spiro atoms. The summed E-state index contributed by atoms with van der Waals surface area (Å²) in [4.78, 5) is 10.2. The first kappa shape index (κ1) is 24.2. The lowest BCUT2D eigenvalue weighted by molar-refractivity contribution is -0.115. The van der Waals surface area contributed by atoms with Crippen molar-refractivity contribution < 1.29 is 37.8 Å². The molecule has 1 aliphatic heterocycles. The minimum absolute atomic E-state index is 0.00898. The van der Waals surface area contributed by atoms with Crippen LogP contribution in [0.3, 0.4) is 0 Å². The number of ether oxygens (including phenoxy) is 3. The van der Waals surface area contributed by atoms with Gasteiger partial charge in [-0.3, -0.25) is 9.05 Å². The van der Waals surface area contributed by atoms with Gasteiger partial charge in [0.2, 0.25) is 0 Å². The van der Waals surface area contributed by atoms with E-state index in [1.807, 2.05) is 41.5 Å². The van der Waals surface area contributed by atoms with Crippen LogP contribution in [0.25, 0.3) is 0 Å². The van der Waals surface area contributed by atoms with E-state index in [9.17, 15) is 14.6 Å². The summed E-state index contributed by atoms with van der Waals surface area (Å²) in [5, 5.41) is 10.9. The van der Waals surface area contributed by atoms with Gasteiger partial charge in [0.05, 0.1) is 37.6 Å². The van der Waals surface area contributed by atoms with Crippen molar-refractivity contribution in [2.45, 2.75) is 103 Å². The van der Waals surface area contributed by atoms with Gasteiger partial charge < -0.3 is 24.2 Å². The molecule has 0 amide bonds. The quantitative estimate of drug-likeness (QED) is 0.516. The second kappa shape index (κ2) is 9.84. The zero-order valence-electron chi connectivity index (χ0n) is 17.9. The molecule has 0 aromatic rings. The van der Waals surface area contributed by atoms with Gasteiger partial charge in [0.15, 0.2) is 0 Å². The van der Waals surface area contributed by atoms with Gasteiger partial charge in [0, 0.05) is 6.42 Å². The topological polar surface area (TPSA) is 104 Å². The first-order chi connectivity index (χ1) is 12.9. The van der Waals surface area contributed by atoms with Crippen molar-refractivity contribution in [2.24, 2.45) is 5.92 Å². The van der Waals surface area contributed by atoms with E-state index in [-0.39, 0.29) is 43.5 Å². The fourth-order valence-electron chi connectivity index (χ4n) is 3.93. The maximum Gasteiger partial charge on any atom is 0.472 e. The Kier molecular flexibility index (Phi) is 8.51. The highest BCUT2D eigenvalue weighted by molar-refractivity contribution is 7.47. The summed E-state index contributed by atoms with van der Waals surface area (Å²) >= 11 is 0. The van der Waals surface area contributed by atoms with E-state index >= 15 is 0 Å². The number of hydrogen-bond acceptors (Lipinski definition) is 7. The molecular formula is C19H37O8P. The van der Waals surface area contributed by atoms with Crippen molar-refractivity contribution in [3.8, 4) is 0 Å². The Labute approximate surface area is 168 Å². The van der Waals surface area contributed by atoms with Crippen LogP contribution in [0.2, 0.25) is 0 Å². The highest BCUT2D eigenvalue weighted by Crippen LogP contribution is 2.51. The second-order valence-corrected chi connectivity index (χ2v) is 10.2. The molecule has 7 atom stereocenters. The molecule has 0 aromatic heterocycles. The van der Waals surface area contributed by atoms with Crippen molar-refractivity contribution in [3.63, 3.8) is 0 Å². The molecular weight excluding hydrogens is 387 g/mol. The van der Waals surface area contributed by atoms with Crippen molar-refractivity contribution in [3.05, 3.63) is 0 Å². The van der Waals surface area contributed by atoms with E-state index in [0.717, 1.165) is 0 Å². The summed E-state index contributed by atoms with van der Waals surface area (Å²) in [7, 11) is -4.38. The number of hydrogen-bond donors (Lipinski definition) is 2. The fourth-order valence-corrected chi connectivity index (χ4v) is 4.93. The van der Waals surface area contributed by atoms with E-state index in [1.165, 1.54) is 0 Å². The molecule has 4 unspecified atom stereocenters. The van der Waals surface area contributed by atoms with Gasteiger partial charge in [-0.15, -0.1) is 0 Å². The predicted molar refractivity (Wildman–Crippen MR) is 104 cm³/mol. The molecule has 1 saturated heterocycles. The molecule has 0 bridgehead atoms. The molecule has 2 aliphatic rings. The third-order valence-corrected chi connectivity index (χ3v) is 6.08. The lowest BCUT2D eigenvalue weighted by atomic mass is 10.0. The highest BCUT2D eigenvalue weighted by atomic mass is 31.2. The van der Waals surface area contributed by atoms with Gasteiger partial charge in [-0.1, -0.05) is 6.92 Å². The van der Waals surface area contributed by atoms with Crippen LogP contribution in [0.15, 0.2) is 0 Å². The van der Waals surface area contributed by atoms with E-state index in [0.29, 0.717) is 19.3 Å². The average Bonchev–Trinajstić information content (AvgIpc) is 3.02. The van der Waals surface area contributed by atoms with Crippen molar-refractivity contribution in [1.82, 2.24) is 0 Å². The molecule has 9 heteroatoms. The molecule has 8 nitrogen and oxygen atoms in total. The molecule has 2 rings (SSSR count). The molecule has 0 aromatic carbocycles. The summed E-state index contributed by atoms with van der Waals surface area (Å²) in [5.41, 5.74) is -1.31. The summed E-state index contributed by atoms with van der Waals surface area (Å²) in [6.07, 6.45) is 0.0972. The van der Waals surface area contributed by atoms with Crippen LogP contribution >= 0.6 is 7.82 Å². The van der Waals surface area contributed by atoms with Crippen LogP contribution < -0.4 is 0 Å². The summed E-state index contributed by atoms with van der Waals surface area (Å²) in [5.74, 6) is 0.147. The number of phosphoric acid groups is 1. The first-order valence-corrected chi connectivity index (χ1v) is 11.7. The van der Waals surface area contributed by atoms with Crippen LogP contribution in [0.4, 0.5) is 0 Å². The normalized spacial score (nSPS) is 38.4. The van der Waals surface area contributed by atoms with Crippen LogP contribution in [-0.4, -0.2) is 65.4 Å². The van der Waals surface area contributed by atoms with Crippen molar-refractivity contribution >= 4 is 7.82 Å². The number of phosphoric ester groups is 1. The third kappa shape index (κ3) is 7.03. The molecule has 2 N–H and O–H groups in total. The second-order valence-electron chi connectivity index (χ2n) is 8.81. The molecule has 28 heavy (non-hydrogen) atoms. The SMILES string of the molecule is CC(C)OC[C@@]1(O)C[C@@H](C)CC1OP(=O)(O)OCC1O[C@@H](C)CC1OC(C)C. The average molecular weight is 424 g/mol. The minimum Gasteiger partial charge on any atom is -0.385 e. The maximum absolute atomic E-state index is 12.5. The van der Waals surface area contributed by atoms with Gasteiger partial charge in [-0.2, -0.15) is 0 Å². The van der Waals surface area contributed by atoms with E-state index < -0.39 is 25.6 Å². The van der Waals surface area contributed by atoms with E-state index in [1.54, 1.807) is 0 Å². The highest BCUT2D eigenvalue weighted by Gasteiger charge is 2.49. The molecule has 2 fully saturated rings. The van der Waals surface area contributed by atoms with Crippen LogP contribution in [0, 0.1) is 5.92 Å². The monoisotopic (exact) mass is 424 g/mol. The molecule has 1 heterocycles. The Morgan fingerprint density at radius 3 is 2.46 bits per heavy atom. The Hall–Kier alpha value is -0.0500. The predicted octanol–water partition coefficient (Wildman–Crippen LogP) is 3.05. The molecule has 166 valence electrons. The lowest BCUT2D eigenvalue weighted by Crippen LogP contribution is -2.44. The van der Waals surface area contributed by atoms with Gasteiger partial charge in [-0.25, -0.2) is 4.57 Å². The third-order valence-electron chi connectivity index (χ3n) is 5.08. The van der Waals surface area contributed by atoms with Crippen LogP contribution in [-0.2, 0) is 27.8 Å². The fraction of sp³-hybridized carbons (Fsp3) is 1.00. The van der Waals surface area contributed by atoms with Gasteiger partial charge in [0.25, 0.3) is 0 Å². The van der Waals surface area contributed by atoms with E-state index in [2.05, 4.69) is 0 Å². The van der Waals surface area contributed by atoms with E-state index in [4.69, 9.17) is 23.3 Å². The lowest BCUT2D eigenvalue weighted by Gasteiger charge is -2.31. The summed E-state index contributed by atoms with van der Waals surface area (Å²) in [6.45, 7) is 11.4. The Morgan fingerprint density at radius 1 is 1.18 bits per heavy atom. The Balaban J connectivity index is 1.93. The van der Waals surface area contributed by atoms with Gasteiger partial charge in [-0.05, 0) is 53.4 Å². The first-order valence-electron chi connectivity index (χ1n) is 10.2. The number of aliphatic hydroxyl groups is 1.